The summed E-state index contributed by atoms with van der Waals surface area (Å²) in [7, 11) is 0.0860. The molecule has 3 atom stereocenters. The van der Waals surface area contributed by atoms with Crippen molar-refractivity contribution in [3.8, 4) is 0 Å². The van der Waals surface area contributed by atoms with Crippen LogP contribution in [0.3, 0.4) is 0 Å². The molecule has 2 fully saturated rings. The van der Waals surface area contributed by atoms with Gasteiger partial charge in [0.25, 0.3) is 11.5 Å². The number of fused-ring (bicyclic) bond motifs is 1. The van der Waals surface area contributed by atoms with Gasteiger partial charge in [0.2, 0.25) is 10.0 Å². The van der Waals surface area contributed by atoms with Crippen molar-refractivity contribution >= 4 is 32.9 Å². The van der Waals surface area contributed by atoms with Crippen molar-refractivity contribution in [2.24, 2.45) is 0 Å². The third kappa shape index (κ3) is 8.47. The lowest BCUT2D eigenvalue weighted by atomic mass is 9.90. The Labute approximate surface area is 274 Å². The number of hydrogen-bond donors (Lipinski definition) is 1. The number of amides is 3. The predicted octanol–water partition coefficient (Wildman–Crippen LogP) is 2.50. The summed E-state index contributed by atoms with van der Waals surface area (Å²) >= 11 is 0. The summed E-state index contributed by atoms with van der Waals surface area (Å²) < 4.78 is 28.8. The Hall–Kier alpha value is -3.00. The molecule has 0 saturated carbocycles. The Morgan fingerprint density at radius 2 is 1.67 bits per heavy atom. The van der Waals surface area contributed by atoms with Crippen LogP contribution in [0.25, 0.3) is 10.9 Å². The number of likely N-dealkylation sites (tertiary alicyclic amines) is 1. The van der Waals surface area contributed by atoms with Crippen LogP contribution in [0.1, 0.15) is 63.4 Å². The summed E-state index contributed by atoms with van der Waals surface area (Å²) in [6.45, 7) is 12.8. The molecule has 0 bridgehead atoms. The van der Waals surface area contributed by atoms with Crippen LogP contribution in [-0.4, -0.2) is 140 Å². The first-order valence-electron chi connectivity index (χ1n) is 16.6. The van der Waals surface area contributed by atoms with Crippen molar-refractivity contribution in [3.63, 3.8) is 0 Å². The van der Waals surface area contributed by atoms with E-state index >= 15 is 0 Å². The maximum absolute atomic E-state index is 13.5. The van der Waals surface area contributed by atoms with E-state index in [0.29, 0.717) is 45.7 Å². The van der Waals surface area contributed by atoms with Gasteiger partial charge in [0, 0.05) is 90.6 Å². The number of rotatable bonds is 11. The molecule has 4 rings (SSSR count). The van der Waals surface area contributed by atoms with Gasteiger partial charge in [-0.15, -0.1) is 0 Å². The fraction of sp³-hybridized carbons (Fsp3) is 0.667. The summed E-state index contributed by atoms with van der Waals surface area (Å²) in [5, 5.41) is 4.02. The highest BCUT2D eigenvalue weighted by atomic mass is 32.2. The molecule has 46 heavy (non-hydrogen) atoms. The molecule has 0 aliphatic carbocycles. The third-order valence-corrected chi connectivity index (χ3v) is 10.8. The third-order valence-electron chi connectivity index (χ3n) is 9.50. The summed E-state index contributed by atoms with van der Waals surface area (Å²) in [5.41, 5.74) is 0.688. The van der Waals surface area contributed by atoms with Crippen LogP contribution >= 0.6 is 0 Å². The van der Waals surface area contributed by atoms with Crippen molar-refractivity contribution in [3.05, 3.63) is 46.2 Å². The van der Waals surface area contributed by atoms with Crippen LogP contribution in [0.4, 0.5) is 4.79 Å². The molecule has 0 spiro atoms. The standard InChI is InChI=1S/C33H53N7O5S/c1-8-28-23-27(34-31(41)29-22-26-11-9-10-12-30(26)40(24(2)3)32(29)42)21-25(4)39(28)20-19-38(46(7,44)45)18-15-36-13-16-37(17-14-36)33(43)35(5)6/h9-12,22,24-25,27-28H,8,13-21,23H2,1-7H3,(H,34,41)/t25-,27+,28+/m1/s1. The lowest BCUT2D eigenvalue weighted by molar-refractivity contribution is 0.0600. The molecule has 256 valence electrons. The number of carbonyl (C=O) groups excluding carboxylic acids is 2. The smallest absolute Gasteiger partial charge is 0.319 e. The predicted molar refractivity (Wildman–Crippen MR) is 183 cm³/mol. The Kier molecular flexibility index (Phi) is 11.9. The largest absolute Gasteiger partial charge is 0.349 e. The topological polar surface area (TPSA) is 119 Å². The molecule has 3 amide bonds. The molecule has 1 aromatic heterocycles. The van der Waals surface area contributed by atoms with Crippen LogP contribution in [0.15, 0.2) is 35.1 Å². The number of aromatic nitrogens is 1. The van der Waals surface area contributed by atoms with Gasteiger partial charge in [-0.1, -0.05) is 25.1 Å². The number of piperazine rings is 1. The first kappa shape index (κ1) is 35.8. The van der Waals surface area contributed by atoms with Crippen molar-refractivity contribution in [1.82, 2.24) is 33.8 Å². The highest BCUT2D eigenvalue weighted by molar-refractivity contribution is 7.88. The SMILES string of the molecule is CC[C@H]1C[C@@H](NC(=O)c2cc3ccccc3n(C(C)C)c2=O)C[C@@H](C)N1CCN(CCN1CCN(C(=O)N(C)C)CC1)S(C)(=O)=O. The van der Waals surface area contributed by atoms with E-state index in [-0.39, 0.29) is 47.2 Å². The Bertz CT molecular complexity index is 1530. The second-order valence-electron chi connectivity index (χ2n) is 13.3. The number of para-hydroxylation sites is 1. The molecule has 2 aromatic rings. The molecule has 13 heteroatoms. The number of nitrogens with one attached hydrogen (secondary N) is 1. The molecule has 2 saturated heterocycles. The molecule has 0 unspecified atom stereocenters. The maximum atomic E-state index is 13.5. The van der Waals surface area contributed by atoms with Crippen LogP contribution in [0.5, 0.6) is 0 Å². The van der Waals surface area contributed by atoms with Crippen LogP contribution < -0.4 is 10.9 Å². The van der Waals surface area contributed by atoms with Gasteiger partial charge < -0.3 is 19.7 Å². The molecule has 12 nitrogen and oxygen atoms in total. The second kappa shape index (κ2) is 15.3. The van der Waals surface area contributed by atoms with E-state index in [4.69, 9.17) is 0 Å². The van der Waals surface area contributed by atoms with Crippen molar-refractivity contribution in [2.45, 2.75) is 71.1 Å². The van der Waals surface area contributed by atoms with Crippen molar-refractivity contribution in [2.75, 3.05) is 72.7 Å². The molecule has 1 aromatic carbocycles. The van der Waals surface area contributed by atoms with Crippen molar-refractivity contribution in [1.29, 1.82) is 0 Å². The average Bonchev–Trinajstić information content (AvgIpc) is 3.00. The van der Waals surface area contributed by atoms with Gasteiger partial charge >= 0.3 is 6.03 Å². The quantitative estimate of drug-likeness (QED) is 0.394. The zero-order valence-corrected chi connectivity index (χ0v) is 29.4. The van der Waals surface area contributed by atoms with Gasteiger partial charge in [-0.05, 0) is 57.6 Å². The fourth-order valence-corrected chi connectivity index (χ4v) is 7.81. The highest BCUT2D eigenvalue weighted by Crippen LogP contribution is 2.26. The van der Waals surface area contributed by atoms with E-state index < -0.39 is 10.0 Å². The first-order chi connectivity index (χ1) is 21.7. The molecule has 2 aliphatic rings. The minimum absolute atomic E-state index is 0.00320. The molecule has 3 heterocycles. The number of piperidine rings is 1. The normalized spacial score (nSPS) is 21.7. The molecular weight excluding hydrogens is 606 g/mol. The summed E-state index contributed by atoms with van der Waals surface area (Å²) in [5.74, 6) is -0.346. The fourth-order valence-electron chi connectivity index (χ4n) is 6.98. The number of urea groups is 1. The Balaban J connectivity index is 1.36. The summed E-state index contributed by atoms with van der Waals surface area (Å²) in [4.78, 5) is 47.2. The number of nitrogens with zero attached hydrogens (tertiary/aromatic N) is 6. The van der Waals surface area contributed by atoms with E-state index in [1.807, 2.05) is 43.0 Å². The zero-order valence-electron chi connectivity index (χ0n) is 28.6. The number of carbonyl (C=O) groups is 2. The van der Waals surface area contributed by atoms with Gasteiger partial charge in [-0.3, -0.25) is 19.4 Å². The monoisotopic (exact) mass is 659 g/mol. The molecule has 0 radical (unpaired) electrons. The average molecular weight is 660 g/mol. The molecular formula is C33H53N7O5S. The lowest BCUT2D eigenvalue weighted by Crippen LogP contribution is -2.56. The number of hydrogen-bond acceptors (Lipinski definition) is 7. The minimum Gasteiger partial charge on any atom is -0.349 e. The van der Waals surface area contributed by atoms with Crippen molar-refractivity contribution < 1.29 is 18.0 Å². The highest BCUT2D eigenvalue weighted by Gasteiger charge is 2.34. The van der Waals surface area contributed by atoms with Crippen LogP contribution in [-0.2, 0) is 10.0 Å². The van der Waals surface area contributed by atoms with Gasteiger partial charge in [-0.2, -0.15) is 4.31 Å². The van der Waals surface area contributed by atoms with Crippen LogP contribution in [0, 0.1) is 0 Å². The van der Waals surface area contributed by atoms with Gasteiger partial charge in [0.05, 0.1) is 11.8 Å². The van der Waals surface area contributed by atoms with Gasteiger partial charge in [0.1, 0.15) is 5.56 Å². The van der Waals surface area contributed by atoms with E-state index in [9.17, 15) is 22.8 Å². The van der Waals surface area contributed by atoms with E-state index in [1.54, 1.807) is 33.9 Å². The number of pyridine rings is 1. The number of benzene rings is 1. The first-order valence-corrected chi connectivity index (χ1v) is 18.4. The molecule has 1 N–H and O–H groups in total. The minimum atomic E-state index is -3.41. The van der Waals surface area contributed by atoms with E-state index in [0.717, 1.165) is 36.8 Å². The summed E-state index contributed by atoms with van der Waals surface area (Å²) in [6.07, 6.45) is 3.57. The summed E-state index contributed by atoms with van der Waals surface area (Å²) in [6, 6.07) is 9.44. The van der Waals surface area contributed by atoms with E-state index in [1.165, 1.54) is 6.26 Å². The maximum Gasteiger partial charge on any atom is 0.319 e. The van der Waals surface area contributed by atoms with Gasteiger partial charge in [0.15, 0.2) is 0 Å². The number of sulfonamides is 1. The van der Waals surface area contributed by atoms with Crippen LogP contribution in [0.2, 0.25) is 0 Å². The Morgan fingerprint density at radius 1 is 1.02 bits per heavy atom. The molecule has 2 aliphatic heterocycles. The Morgan fingerprint density at radius 3 is 2.28 bits per heavy atom. The zero-order chi connectivity index (χ0) is 33.8. The lowest BCUT2D eigenvalue weighted by Gasteiger charge is -2.44. The van der Waals surface area contributed by atoms with E-state index in [2.05, 4.69) is 29.0 Å². The second-order valence-corrected chi connectivity index (χ2v) is 15.3. The van der Waals surface area contributed by atoms with Gasteiger partial charge in [-0.25, -0.2) is 13.2 Å².